The summed E-state index contributed by atoms with van der Waals surface area (Å²) in [5.41, 5.74) is 0. The predicted octanol–water partition coefficient (Wildman–Crippen LogP) is -0.0566. The molecule has 0 bridgehead atoms. The van der Waals surface area contributed by atoms with Crippen LogP contribution in [0.2, 0.25) is 0 Å². The standard InChI is InChI=1S/C4H6O3S/c1-3-4-7-8(2,5)6/h1-2H3. The summed E-state index contributed by atoms with van der Waals surface area (Å²) in [6.07, 6.45) is 2.89. The molecule has 0 aromatic rings. The highest BCUT2D eigenvalue weighted by Gasteiger charge is 1.94. The van der Waals surface area contributed by atoms with E-state index in [1.165, 1.54) is 6.92 Å². The Hall–Kier alpha value is -0.690. The topological polar surface area (TPSA) is 43.4 Å². The van der Waals surface area contributed by atoms with Crippen LogP contribution in [0.4, 0.5) is 0 Å². The van der Waals surface area contributed by atoms with Crippen molar-refractivity contribution in [2.24, 2.45) is 0 Å². The molecule has 4 heteroatoms. The van der Waals surface area contributed by atoms with Gasteiger partial charge in [-0.2, -0.15) is 8.42 Å². The van der Waals surface area contributed by atoms with E-state index in [1.54, 1.807) is 0 Å². The summed E-state index contributed by atoms with van der Waals surface area (Å²) in [5.74, 6) is 2.27. The van der Waals surface area contributed by atoms with Crippen molar-refractivity contribution in [3.05, 3.63) is 0 Å². The van der Waals surface area contributed by atoms with Gasteiger partial charge in [-0.15, -0.1) is 0 Å². The Kier molecular flexibility index (Phi) is 2.35. The molecule has 0 unspecified atom stereocenters. The summed E-state index contributed by atoms with van der Waals surface area (Å²) in [5, 5.41) is 0. The van der Waals surface area contributed by atoms with E-state index >= 15 is 0 Å². The SMILES string of the molecule is CC#COS(C)(=O)=O. The molecule has 0 heterocycles. The van der Waals surface area contributed by atoms with E-state index in [0.29, 0.717) is 0 Å². The number of rotatable bonds is 1. The van der Waals surface area contributed by atoms with E-state index in [1.807, 2.05) is 6.11 Å². The second-order valence-electron chi connectivity index (χ2n) is 1.14. The minimum absolute atomic E-state index is 0.942. The maximum Gasteiger partial charge on any atom is 0.314 e. The van der Waals surface area contributed by atoms with Gasteiger partial charge in [-0.05, 0) is 0 Å². The van der Waals surface area contributed by atoms with Crippen LogP contribution in [0.3, 0.4) is 0 Å². The van der Waals surface area contributed by atoms with Crippen LogP contribution in [-0.4, -0.2) is 14.7 Å². The summed E-state index contributed by atoms with van der Waals surface area (Å²) in [6.45, 7) is 1.49. The molecule has 0 rings (SSSR count). The van der Waals surface area contributed by atoms with Crippen LogP contribution in [0.1, 0.15) is 6.92 Å². The van der Waals surface area contributed by atoms with E-state index in [4.69, 9.17) is 0 Å². The van der Waals surface area contributed by atoms with Gasteiger partial charge >= 0.3 is 10.1 Å². The van der Waals surface area contributed by atoms with Gasteiger partial charge in [-0.25, -0.2) is 0 Å². The first kappa shape index (κ1) is 7.31. The smallest absolute Gasteiger partial charge is 0.314 e. The summed E-state index contributed by atoms with van der Waals surface area (Å²) in [7, 11) is -3.36. The van der Waals surface area contributed by atoms with Crippen molar-refractivity contribution < 1.29 is 12.6 Å². The fourth-order valence-corrected chi connectivity index (χ4v) is 0.352. The van der Waals surface area contributed by atoms with Gasteiger partial charge in [-0.1, -0.05) is 5.92 Å². The normalized spacial score (nSPS) is 9.25. The lowest BCUT2D eigenvalue weighted by molar-refractivity contribution is 0.472. The van der Waals surface area contributed by atoms with E-state index in [2.05, 4.69) is 10.1 Å². The van der Waals surface area contributed by atoms with Crippen molar-refractivity contribution in [3.63, 3.8) is 0 Å². The van der Waals surface area contributed by atoms with Crippen LogP contribution in [0.15, 0.2) is 0 Å². The Labute approximate surface area is 48.8 Å². The van der Waals surface area contributed by atoms with Crippen LogP contribution in [-0.2, 0) is 14.3 Å². The van der Waals surface area contributed by atoms with E-state index in [0.717, 1.165) is 6.26 Å². The quantitative estimate of drug-likeness (QED) is 0.373. The van der Waals surface area contributed by atoms with Crippen LogP contribution >= 0.6 is 0 Å². The van der Waals surface area contributed by atoms with Gasteiger partial charge in [0.1, 0.15) is 6.11 Å². The van der Waals surface area contributed by atoms with Crippen molar-refractivity contribution >= 4 is 10.1 Å². The lowest BCUT2D eigenvalue weighted by atomic mass is 10.8. The average molecular weight is 134 g/mol. The first-order chi connectivity index (χ1) is 3.56. The molecule has 0 aromatic heterocycles. The fraction of sp³-hybridized carbons (Fsp3) is 0.500. The zero-order chi connectivity index (χ0) is 6.62. The molecule has 0 atom stereocenters. The number of hydrogen-bond acceptors (Lipinski definition) is 3. The largest absolute Gasteiger partial charge is 0.328 e. The van der Waals surface area contributed by atoms with Gasteiger partial charge in [0.15, 0.2) is 0 Å². The molecule has 0 spiro atoms. The predicted molar refractivity (Wildman–Crippen MR) is 29.4 cm³/mol. The van der Waals surface area contributed by atoms with E-state index in [-0.39, 0.29) is 0 Å². The molecule has 3 nitrogen and oxygen atoms in total. The molecule has 0 aromatic carbocycles. The molecule has 0 fully saturated rings. The van der Waals surface area contributed by atoms with Gasteiger partial charge in [-0.3, -0.25) is 0 Å². The number of hydrogen-bond donors (Lipinski definition) is 0. The molecule has 0 radical (unpaired) electrons. The van der Waals surface area contributed by atoms with Gasteiger partial charge < -0.3 is 4.18 Å². The summed E-state index contributed by atoms with van der Waals surface area (Å²) >= 11 is 0. The minimum atomic E-state index is -3.36. The van der Waals surface area contributed by atoms with Crippen LogP contribution < -0.4 is 0 Å². The van der Waals surface area contributed by atoms with Gasteiger partial charge in [0.2, 0.25) is 0 Å². The summed E-state index contributed by atoms with van der Waals surface area (Å²) in [4.78, 5) is 0. The van der Waals surface area contributed by atoms with Crippen LogP contribution in [0.25, 0.3) is 0 Å². The van der Waals surface area contributed by atoms with Crippen molar-refractivity contribution in [2.75, 3.05) is 6.26 Å². The van der Waals surface area contributed by atoms with Crippen molar-refractivity contribution in [2.45, 2.75) is 6.92 Å². The van der Waals surface area contributed by atoms with Crippen LogP contribution in [0, 0.1) is 12.0 Å². The molecule has 0 saturated carbocycles. The molecule has 0 amide bonds. The van der Waals surface area contributed by atoms with Crippen molar-refractivity contribution in [1.82, 2.24) is 0 Å². The molecule has 0 aliphatic rings. The van der Waals surface area contributed by atoms with E-state index < -0.39 is 10.1 Å². The Morgan fingerprint density at radius 2 is 2.00 bits per heavy atom. The van der Waals surface area contributed by atoms with Gasteiger partial charge in [0.05, 0.1) is 6.26 Å². The van der Waals surface area contributed by atoms with Gasteiger partial charge in [0.25, 0.3) is 0 Å². The minimum Gasteiger partial charge on any atom is -0.328 e. The van der Waals surface area contributed by atoms with Crippen molar-refractivity contribution in [3.8, 4) is 12.0 Å². The molecule has 8 heavy (non-hydrogen) atoms. The summed E-state index contributed by atoms with van der Waals surface area (Å²) in [6, 6.07) is 0. The van der Waals surface area contributed by atoms with Crippen LogP contribution in [0.5, 0.6) is 0 Å². The summed E-state index contributed by atoms with van der Waals surface area (Å²) < 4.78 is 24.1. The van der Waals surface area contributed by atoms with Gasteiger partial charge in [0, 0.05) is 6.92 Å². The van der Waals surface area contributed by atoms with E-state index in [9.17, 15) is 8.42 Å². The first-order valence-corrected chi connectivity index (χ1v) is 3.68. The Morgan fingerprint density at radius 3 is 2.12 bits per heavy atom. The second kappa shape index (κ2) is 2.58. The molecular weight excluding hydrogens is 128 g/mol. The van der Waals surface area contributed by atoms with Crippen molar-refractivity contribution in [1.29, 1.82) is 0 Å². The maximum atomic E-state index is 10.1. The molecule has 46 valence electrons. The molecule has 0 N–H and O–H groups in total. The molecule has 0 aliphatic heterocycles. The highest BCUT2D eigenvalue weighted by Crippen LogP contribution is 1.80. The Balaban J connectivity index is 3.89. The second-order valence-corrected chi connectivity index (χ2v) is 2.71. The Morgan fingerprint density at radius 1 is 1.50 bits per heavy atom. The highest BCUT2D eigenvalue weighted by atomic mass is 32.2. The lowest BCUT2D eigenvalue weighted by Crippen LogP contribution is -1.95. The lowest BCUT2D eigenvalue weighted by Gasteiger charge is -1.86. The zero-order valence-corrected chi connectivity index (χ0v) is 5.45. The first-order valence-electron chi connectivity index (χ1n) is 1.86. The third kappa shape index (κ3) is 5.31. The zero-order valence-electron chi connectivity index (χ0n) is 4.63. The third-order valence-electron chi connectivity index (χ3n) is 0.295. The monoisotopic (exact) mass is 134 g/mol. The average Bonchev–Trinajstić information content (AvgIpc) is 1.59. The molecule has 0 saturated heterocycles. The maximum absolute atomic E-state index is 10.1. The molecule has 0 aliphatic carbocycles. The highest BCUT2D eigenvalue weighted by molar-refractivity contribution is 7.86. The fourth-order valence-electron chi connectivity index (χ4n) is 0.117. The third-order valence-corrected chi connectivity index (χ3v) is 0.681. The Bertz CT molecular complexity index is 203. The molecular formula is C4H6O3S.